The van der Waals surface area contributed by atoms with E-state index in [4.69, 9.17) is 0 Å². The zero-order valence-corrected chi connectivity index (χ0v) is 11.7. The van der Waals surface area contributed by atoms with Gasteiger partial charge in [0.05, 0.1) is 0 Å². The van der Waals surface area contributed by atoms with Crippen molar-refractivity contribution in [2.75, 3.05) is 23.8 Å². The second kappa shape index (κ2) is 6.65. The van der Waals surface area contributed by atoms with Crippen LogP contribution in [0.3, 0.4) is 0 Å². The molecule has 0 bridgehead atoms. The van der Waals surface area contributed by atoms with Gasteiger partial charge in [0.25, 0.3) is 5.91 Å². The number of nitrogens with zero attached hydrogens (tertiary/aromatic N) is 3. The highest BCUT2D eigenvalue weighted by molar-refractivity contribution is 6.04. The third-order valence-corrected chi connectivity index (χ3v) is 2.89. The van der Waals surface area contributed by atoms with Crippen LogP contribution in [0, 0.1) is 0 Å². The molecule has 104 valence electrons. The number of para-hydroxylation sites is 1. The van der Waals surface area contributed by atoms with Crippen LogP contribution in [0.5, 0.6) is 0 Å². The van der Waals surface area contributed by atoms with Gasteiger partial charge in [-0.15, -0.1) is 10.2 Å². The molecule has 5 heteroatoms. The Kier molecular flexibility index (Phi) is 4.65. The molecular weight excluding hydrogens is 252 g/mol. The highest BCUT2D eigenvalue weighted by Crippen LogP contribution is 2.14. The van der Waals surface area contributed by atoms with Gasteiger partial charge in [-0.2, -0.15) is 0 Å². The van der Waals surface area contributed by atoms with E-state index in [-0.39, 0.29) is 5.91 Å². The van der Waals surface area contributed by atoms with Gasteiger partial charge < -0.3 is 10.2 Å². The second-order valence-electron chi connectivity index (χ2n) is 4.43. The first kappa shape index (κ1) is 14.0. The molecule has 1 aromatic heterocycles. The predicted molar refractivity (Wildman–Crippen MR) is 80.0 cm³/mol. The molecule has 0 unspecified atom stereocenters. The maximum atomic E-state index is 12.3. The highest BCUT2D eigenvalue weighted by Gasteiger charge is 2.15. The summed E-state index contributed by atoms with van der Waals surface area (Å²) >= 11 is 0. The van der Waals surface area contributed by atoms with Gasteiger partial charge in [-0.1, -0.05) is 25.1 Å². The summed E-state index contributed by atoms with van der Waals surface area (Å²) in [6.45, 7) is 2.92. The molecular formula is C15H18N4O. The summed E-state index contributed by atoms with van der Waals surface area (Å²) < 4.78 is 0. The molecule has 1 N–H and O–H groups in total. The minimum absolute atomic E-state index is 0.175. The summed E-state index contributed by atoms with van der Waals surface area (Å²) in [4.78, 5) is 13.8. The molecule has 0 aliphatic carbocycles. The molecule has 1 amide bonds. The van der Waals surface area contributed by atoms with Crippen LogP contribution in [-0.2, 0) is 0 Å². The Morgan fingerprint density at radius 3 is 2.50 bits per heavy atom. The molecule has 0 fully saturated rings. The molecule has 0 radical (unpaired) electrons. The number of hydrogen-bond donors (Lipinski definition) is 1. The average molecular weight is 270 g/mol. The van der Waals surface area contributed by atoms with E-state index >= 15 is 0 Å². The molecule has 1 aromatic carbocycles. The van der Waals surface area contributed by atoms with Gasteiger partial charge in [0.2, 0.25) is 0 Å². The van der Waals surface area contributed by atoms with Gasteiger partial charge in [0.15, 0.2) is 5.69 Å². The van der Waals surface area contributed by atoms with Crippen molar-refractivity contribution in [2.24, 2.45) is 0 Å². The summed E-state index contributed by atoms with van der Waals surface area (Å²) in [5, 5.41) is 11.1. The number of aromatic nitrogens is 2. The lowest BCUT2D eigenvalue weighted by molar-refractivity contribution is 0.0987. The Bertz CT molecular complexity index is 554. The van der Waals surface area contributed by atoms with E-state index in [9.17, 15) is 4.79 Å². The SMILES string of the molecule is CCCNc1ccc(C(=O)N(C)c2ccccc2)nn1. The number of hydrogen-bond acceptors (Lipinski definition) is 4. The van der Waals surface area contributed by atoms with Gasteiger partial charge in [-0.05, 0) is 30.7 Å². The largest absolute Gasteiger partial charge is 0.369 e. The van der Waals surface area contributed by atoms with Crippen LogP contribution in [0.25, 0.3) is 0 Å². The Morgan fingerprint density at radius 2 is 1.90 bits per heavy atom. The molecule has 0 aliphatic heterocycles. The third kappa shape index (κ3) is 3.32. The fourth-order valence-electron chi connectivity index (χ4n) is 1.73. The van der Waals surface area contributed by atoms with E-state index in [1.807, 2.05) is 30.3 Å². The van der Waals surface area contributed by atoms with Crippen molar-refractivity contribution in [3.8, 4) is 0 Å². The van der Waals surface area contributed by atoms with Crippen LogP contribution < -0.4 is 10.2 Å². The molecule has 0 spiro atoms. The van der Waals surface area contributed by atoms with Gasteiger partial charge in [-0.3, -0.25) is 4.79 Å². The normalized spacial score (nSPS) is 10.1. The van der Waals surface area contributed by atoms with Crippen molar-refractivity contribution < 1.29 is 4.79 Å². The molecule has 0 saturated carbocycles. The van der Waals surface area contributed by atoms with Gasteiger partial charge in [0.1, 0.15) is 5.82 Å². The van der Waals surface area contributed by atoms with E-state index < -0.39 is 0 Å². The zero-order chi connectivity index (χ0) is 14.4. The van der Waals surface area contributed by atoms with Crippen molar-refractivity contribution in [3.63, 3.8) is 0 Å². The Labute approximate surface area is 118 Å². The number of benzene rings is 1. The minimum atomic E-state index is -0.175. The van der Waals surface area contributed by atoms with Crippen LogP contribution in [0.4, 0.5) is 11.5 Å². The van der Waals surface area contributed by atoms with Crippen LogP contribution in [0.2, 0.25) is 0 Å². The molecule has 1 heterocycles. The quantitative estimate of drug-likeness (QED) is 0.907. The number of rotatable bonds is 5. The van der Waals surface area contributed by atoms with Crippen molar-refractivity contribution in [3.05, 3.63) is 48.2 Å². The summed E-state index contributed by atoms with van der Waals surface area (Å²) in [7, 11) is 1.72. The lowest BCUT2D eigenvalue weighted by Gasteiger charge is -2.16. The average Bonchev–Trinajstić information content (AvgIpc) is 2.53. The van der Waals surface area contributed by atoms with Crippen molar-refractivity contribution in [2.45, 2.75) is 13.3 Å². The summed E-state index contributed by atoms with van der Waals surface area (Å²) in [6.07, 6.45) is 1.01. The third-order valence-electron chi connectivity index (χ3n) is 2.89. The fourth-order valence-corrected chi connectivity index (χ4v) is 1.73. The molecule has 20 heavy (non-hydrogen) atoms. The van der Waals surface area contributed by atoms with Crippen LogP contribution >= 0.6 is 0 Å². The van der Waals surface area contributed by atoms with Crippen LogP contribution in [0.1, 0.15) is 23.8 Å². The molecule has 0 saturated heterocycles. The van der Waals surface area contributed by atoms with Crippen molar-refractivity contribution in [1.29, 1.82) is 0 Å². The number of anilines is 2. The smallest absolute Gasteiger partial charge is 0.278 e. The Morgan fingerprint density at radius 1 is 1.15 bits per heavy atom. The lowest BCUT2D eigenvalue weighted by atomic mass is 10.2. The molecule has 0 aliphatic rings. The summed E-state index contributed by atoms with van der Waals surface area (Å²) in [5.41, 5.74) is 1.16. The van der Waals surface area contributed by atoms with E-state index in [1.54, 1.807) is 24.1 Å². The number of carbonyl (C=O) groups is 1. The summed E-state index contributed by atoms with van der Waals surface area (Å²) in [6, 6.07) is 12.9. The number of amides is 1. The fraction of sp³-hybridized carbons (Fsp3) is 0.267. The van der Waals surface area contributed by atoms with Crippen LogP contribution in [0.15, 0.2) is 42.5 Å². The first-order valence-electron chi connectivity index (χ1n) is 6.63. The number of carbonyl (C=O) groups excluding carboxylic acids is 1. The minimum Gasteiger partial charge on any atom is -0.369 e. The zero-order valence-electron chi connectivity index (χ0n) is 11.7. The topological polar surface area (TPSA) is 58.1 Å². The van der Waals surface area contributed by atoms with Crippen molar-refractivity contribution >= 4 is 17.4 Å². The van der Waals surface area contributed by atoms with E-state index in [2.05, 4.69) is 22.4 Å². The van der Waals surface area contributed by atoms with E-state index in [1.165, 1.54) is 0 Å². The molecule has 2 rings (SSSR count). The first-order chi connectivity index (χ1) is 9.72. The highest BCUT2D eigenvalue weighted by atomic mass is 16.2. The maximum absolute atomic E-state index is 12.3. The first-order valence-corrected chi connectivity index (χ1v) is 6.63. The van der Waals surface area contributed by atoms with E-state index in [0.29, 0.717) is 11.5 Å². The molecule has 5 nitrogen and oxygen atoms in total. The number of nitrogens with one attached hydrogen (secondary N) is 1. The van der Waals surface area contributed by atoms with E-state index in [0.717, 1.165) is 18.7 Å². The van der Waals surface area contributed by atoms with Gasteiger partial charge in [0, 0.05) is 19.3 Å². The van der Waals surface area contributed by atoms with Crippen LogP contribution in [-0.4, -0.2) is 29.7 Å². The standard InChI is InChI=1S/C15H18N4O/c1-3-11-16-14-10-9-13(17-18-14)15(20)19(2)12-7-5-4-6-8-12/h4-10H,3,11H2,1-2H3,(H,16,18). The second-order valence-corrected chi connectivity index (χ2v) is 4.43. The maximum Gasteiger partial charge on any atom is 0.278 e. The van der Waals surface area contributed by atoms with Gasteiger partial charge in [-0.25, -0.2) is 0 Å². The Balaban J connectivity index is 2.09. The molecule has 2 aromatic rings. The monoisotopic (exact) mass is 270 g/mol. The summed E-state index contributed by atoms with van der Waals surface area (Å²) in [5.74, 6) is 0.511. The molecule has 0 atom stereocenters. The predicted octanol–water partition coefficient (Wildman–Crippen LogP) is 2.58. The Hall–Kier alpha value is -2.43. The van der Waals surface area contributed by atoms with Gasteiger partial charge >= 0.3 is 0 Å². The lowest BCUT2D eigenvalue weighted by Crippen LogP contribution is -2.27. The van der Waals surface area contributed by atoms with Crippen molar-refractivity contribution in [1.82, 2.24) is 10.2 Å².